The van der Waals surface area contributed by atoms with Crippen LogP contribution in [0.5, 0.6) is 0 Å². The van der Waals surface area contributed by atoms with E-state index in [-0.39, 0.29) is 11.9 Å². The molecular formula is C16H18ClN3O. The SMILES string of the molecule is Cc1cccc(C2CCCN2C(=O)c2nn(C)cc2Cl)c1. The molecule has 0 bridgehead atoms. The fraction of sp³-hybridized carbons (Fsp3) is 0.375. The third kappa shape index (κ3) is 2.68. The Balaban J connectivity index is 1.90. The highest BCUT2D eigenvalue weighted by molar-refractivity contribution is 6.33. The third-order valence-corrected chi connectivity index (χ3v) is 4.20. The Hall–Kier alpha value is -1.81. The van der Waals surface area contributed by atoms with Crippen LogP contribution >= 0.6 is 11.6 Å². The number of carbonyl (C=O) groups excluding carboxylic acids is 1. The molecule has 1 aromatic heterocycles. The average molecular weight is 304 g/mol. The summed E-state index contributed by atoms with van der Waals surface area (Å²) in [5.74, 6) is -0.0791. The number of rotatable bonds is 2. The summed E-state index contributed by atoms with van der Waals surface area (Å²) in [7, 11) is 1.77. The number of hydrogen-bond acceptors (Lipinski definition) is 2. The summed E-state index contributed by atoms with van der Waals surface area (Å²) in [5.41, 5.74) is 2.74. The molecule has 0 aliphatic carbocycles. The van der Waals surface area contributed by atoms with Gasteiger partial charge in [0, 0.05) is 19.8 Å². The molecule has 0 saturated carbocycles. The van der Waals surface area contributed by atoms with Gasteiger partial charge in [0.15, 0.2) is 5.69 Å². The Morgan fingerprint density at radius 1 is 1.43 bits per heavy atom. The lowest BCUT2D eigenvalue weighted by Gasteiger charge is -2.24. The zero-order valence-electron chi connectivity index (χ0n) is 12.2. The van der Waals surface area contributed by atoms with E-state index in [2.05, 4.69) is 30.2 Å². The van der Waals surface area contributed by atoms with E-state index in [9.17, 15) is 4.79 Å². The molecule has 110 valence electrons. The summed E-state index contributed by atoms with van der Waals surface area (Å²) in [6, 6.07) is 8.47. The minimum Gasteiger partial charge on any atom is -0.330 e. The lowest BCUT2D eigenvalue weighted by Crippen LogP contribution is -2.31. The number of aromatic nitrogens is 2. The van der Waals surface area contributed by atoms with E-state index in [1.54, 1.807) is 17.9 Å². The standard InChI is InChI=1S/C16H18ClN3O/c1-11-5-3-6-12(9-11)14-7-4-8-20(14)16(21)15-13(17)10-19(2)18-15/h3,5-6,9-10,14H,4,7-8H2,1-2H3. The van der Waals surface area contributed by atoms with Crippen molar-refractivity contribution in [3.8, 4) is 0 Å². The minimum atomic E-state index is -0.0791. The first kappa shape index (κ1) is 14.1. The minimum absolute atomic E-state index is 0.0791. The van der Waals surface area contributed by atoms with Crippen molar-refractivity contribution < 1.29 is 4.79 Å². The molecule has 2 heterocycles. The molecule has 21 heavy (non-hydrogen) atoms. The summed E-state index contributed by atoms with van der Waals surface area (Å²) < 4.78 is 1.58. The average Bonchev–Trinajstić information content (AvgIpc) is 3.04. The van der Waals surface area contributed by atoms with Gasteiger partial charge in [-0.1, -0.05) is 41.4 Å². The largest absolute Gasteiger partial charge is 0.330 e. The Morgan fingerprint density at radius 3 is 2.90 bits per heavy atom. The predicted molar refractivity (Wildman–Crippen MR) is 82.4 cm³/mol. The molecule has 1 unspecified atom stereocenters. The van der Waals surface area contributed by atoms with E-state index >= 15 is 0 Å². The second-order valence-corrected chi connectivity index (χ2v) is 5.98. The van der Waals surface area contributed by atoms with Crippen LogP contribution in [-0.4, -0.2) is 27.1 Å². The van der Waals surface area contributed by atoms with E-state index in [0.717, 1.165) is 19.4 Å². The number of halogens is 1. The first-order valence-electron chi connectivity index (χ1n) is 7.13. The lowest BCUT2D eigenvalue weighted by atomic mass is 10.0. The topological polar surface area (TPSA) is 38.1 Å². The fourth-order valence-corrected chi connectivity index (χ4v) is 3.23. The van der Waals surface area contributed by atoms with E-state index < -0.39 is 0 Å². The van der Waals surface area contributed by atoms with E-state index in [1.165, 1.54) is 11.1 Å². The normalized spacial score (nSPS) is 18.2. The van der Waals surface area contributed by atoms with Gasteiger partial charge in [0.25, 0.3) is 5.91 Å². The maximum Gasteiger partial charge on any atom is 0.276 e. The van der Waals surface area contributed by atoms with Crippen LogP contribution in [0.15, 0.2) is 30.5 Å². The summed E-state index contributed by atoms with van der Waals surface area (Å²) in [6.07, 6.45) is 3.65. The Labute approximate surface area is 129 Å². The number of likely N-dealkylation sites (tertiary alicyclic amines) is 1. The van der Waals surface area contributed by atoms with E-state index in [1.807, 2.05) is 11.0 Å². The molecule has 5 heteroatoms. The fourth-order valence-electron chi connectivity index (χ4n) is 2.97. The van der Waals surface area contributed by atoms with Gasteiger partial charge in [-0.3, -0.25) is 9.48 Å². The van der Waals surface area contributed by atoms with Crippen LogP contribution in [0.4, 0.5) is 0 Å². The van der Waals surface area contributed by atoms with Crippen molar-refractivity contribution in [3.63, 3.8) is 0 Å². The van der Waals surface area contributed by atoms with Crippen LogP contribution in [0.1, 0.15) is 40.5 Å². The van der Waals surface area contributed by atoms with Gasteiger partial charge in [-0.25, -0.2) is 0 Å². The molecule has 1 atom stereocenters. The van der Waals surface area contributed by atoms with E-state index in [0.29, 0.717) is 10.7 Å². The molecule has 0 spiro atoms. The van der Waals surface area contributed by atoms with Crippen molar-refractivity contribution in [2.24, 2.45) is 7.05 Å². The van der Waals surface area contributed by atoms with Crippen LogP contribution < -0.4 is 0 Å². The quantitative estimate of drug-likeness (QED) is 0.853. The maximum absolute atomic E-state index is 12.7. The summed E-state index contributed by atoms with van der Waals surface area (Å²) in [6.45, 7) is 2.82. The summed E-state index contributed by atoms with van der Waals surface area (Å²) in [4.78, 5) is 14.6. The lowest BCUT2D eigenvalue weighted by molar-refractivity contribution is 0.0729. The maximum atomic E-state index is 12.7. The van der Waals surface area contributed by atoms with Crippen LogP contribution in [-0.2, 0) is 7.05 Å². The van der Waals surface area contributed by atoms with E-state index in [4.69, 9.17) is 11.6 Å². The van der Waals surface area contributed by atoms with Gasteiger partial charge in [0.05, 0.1) is 11.1 Å². The second-order valence-electron chi connectivity index (χ2n) is 5.57. The highest BCUT2D eigenvalue weighted by Crippen LogP contribution is 2.34. The molecule has 1 aliphatic heterocycles. The second kappa shape index (κ2) is 5.53. The molecule has 3 rings (SSSR count). The van der Waals surface area contributed by atoms with Crippen LogP contribution in [0.3, 0.4) is 0 Å². The molecule has 0 radical (unpaired) electrons. The summed E-state index contributed by atoms with van der Waals surface area (Å²) >= 11 is 6.11. The highest BCUT2D eigenvalue weighted by atomic mass is 35.5. The number of hydrogen-bond donors (Lipinski definition) is 0. The van der Waals surface area contributed by atoms with Gasteiger partial charge in [0.2, 0.25) is 0 Å². The van der Waals surface area contributed by atoms with Crippen molar-refractivity contribution in [3.05, 3.63) is 52.3 Å². The van der Waals surface area contributed by atoms with Crippen molar-refractivity contribution in [1.82, 2.24) is 14.7 Å². The van der Waals surface area contributed by atoms with Crippen molar-refractivity contribution >= 4 is 17.5 Å². The molecular weight excluding hydrogens is 286 g/mol. The molecule has 1 aromatic carbocycles. The van der Waals surface area contributed by atoms with Crippen molar-refractivity contribution in [1.29, 1.82) is 0 Å². The molecule has 0 N–H and O–H groups in total. The Morgan fingerprint density at radius 2 is 2.24 bits per heavy atom. The predicted octanol–water partition coefficient (Wildman–Crippen LogP) is 3.36. The van der Waals surface area contributed by atoms with Gasteiger partial charge in [0.1, 0.15) is 0 Å². The third-order valence-electron chi connectivity index (χ3n) is 3.93. The first-order valence-corrected chi connectivity index (χ1v) is 7.51. The molecule has 1 amide bonds. The van der Waals surface area contributed by atoms with Crippen molar-refractivity contribution in [2.75, 3.05) is 6.54 Å². The zero-order valence-corrected chi connectivity index (χ0v) is 13.0. The molecule has 1 aliphatic rings. The van der Waals surface area contributed by atoms with Crippen molar-refractivity contribution in [2.45, 2.75) is 25.8 Å². The number of amides is 1. The smallest absolute Gasteiger partial charge is 0.276 e. The Bertz CT molecular complexity index is 680. The monoisotopic (exact) mass is 303 g/mol. The molecule has 1 saturated heterocycles. The van der Waals surface area contributed by atoms with Gasteiger partial charge in [-0.05, 0) is 25.3 Å². The first-order chi connectivity index (χ1) is 10.1. The number of benzene rings is 1. The van der Waals surface area contributed by atoms with Gasteiger partial charge < -0.3 is 4.90 Å². The van der Waals surface area contributed by atoms with Gasteiger partial charge in [-0.2, -0.15) is 5.10 Å². The number of aryl methyl sites for hydroxylation is 2. The number of carbonyl (C=O) groups is 1. The number of nitrogens with zero attached hydrogens (tertiary/aromatic N) is 3. The molecule has 2 aromatic rings. The summed E-state index contributed by atoms with van der Waals surface area (Å²) in [5, 5.41) is 4.61. The molecule has 4 nitrogen and oxygen atoms in total. The molecule has 1 fully saturated rings. The van der Waals surface area contributed by atoms with Crippen LogP contribution in [0.25, 0.3) is 0 Å². The van der Waals surface area contributed by atoms with Crippen LogP contribution in [0, 0.1) is 6.92 Å². The van der Waals surface area contributed by atoms with Gasteiger partial charge in [-0.15, -0.1) is 0 Å². The zero-order chi connectivity index (χ0) is 15.0. The highest BCUT2D eigenvalue weighted by Gasteiger charge is 2.32. The van der Waals surface area contributed by atoms with Gasteiger partial charge >= 0.3 is 0 Å². The Kier molecular flexibility index (Phi) is 3.72. The van der Waals surface area contributed by atoms with Crippen LogP contribution in [0.2, 0.25) is 5.02 Å².